The highest BCUT2D eigenvalue weighted by Gasteiger charge is 2.39. The van der Waals surface area contributed by atoms with Crippen molar-refractivity contribution in [3.63, 3.8) is 0 Å². The Morgan fingerprint density at radius 3 is 2.67 bits per heavy atom. The Labute approximate surface area is 118 Å². The lowest BCUT2D eigenvalue weighted by atomic mass is 10.1. The van der Waals surface area contributed by atoms with Crippen molar-refractivity contribution in [1.29, 1.82) is 0 Å². The van der Waals surface area contributed by atoms with E-state index < -0.39 is 41.3 Å². The van der Waals surface area contributed by atoms with Gasteiger partial charge < -0.3 is 5.32 Å². The summed E-state index contributed by atoms with van der Waals surface area (Å²) in [5.41, 5.74) is -0.666. The number of ketones is 1. The lowest BCUT2D eigenvalue weighted by Crippen LogP contribution is -2.40. The van der Waals surface area contributed by atoms with Crippen molar-refractivity contribution >= 4 is 23.3 Å². The number of fused-ring (bicyclic) bond motifs is 1. The second-order valence-electron chi connectivity index (χ2n) is 5.25. The number of carbonyl (C=O) groups excluding carboxylic acids is 3. The highest BCUT2D eigenvalue weighted by Crippen LogP contribution is 2.32. The lowest BCUT2D eigenvalue weighted by molar-refractivity contribution is -0.122. The molecular weight excluding hydrogens is 282 g/mol. The van der Waals surface area contributed by atoms with E-state index in [9.17, 15) is 23.2 Å². The molecule has 0 saturated heterocycles. The number of nitrogens with zero attached hydrogens (tertiary/aromatic N) is 1. The van der Waals surface area contributed by atoms with Crippen LogP contribution in [0.5, 0.6) is 0 Å². The van der Waals surface area contributed by atoms with Crippen LogP contribution < -0.4 is 10.2 Å². The average Bonchev–Trinajstić information content (AvgIpc) is 3.21. The van der Waals surface area contributed by atoms with E-state index in [1.165, 1.54) is 0 Å². The second kappa shape index (κ2) is 4.91. The van der Waals surface area contributed by atoms with Crippen LogP contribution in [0.15, 0.2) is 12.1 Å². The van der Waals surface area contributed by atoms with Crippen molar-refractivity contribution in [3.8, 4) is 0 Å². The summed E-state index contributed by atoms with van der Waals surface area (Å²) in [6, 6.07) is 1.43. The van der Waals surface area contributed by atoms with Crippen LogP contribution in [0.25, 0.3) is 0 Å². The van der Waals surface area contributed by atoms with Gasteiger partial charge >= 0.3 is 0 Å². The largest absolute Gasteiger partial charge is 0.354 e. The Kier molecular flexibility index (Phi) is 3.19. The van der Waals surface area contributed by atoms with Gasteiger partial charge in [0.25, 0.3) is 11.7 Å². The number of Topliss-reactive ketones (excluding diaryl/α,β-unsaturated/α-hetero) is 1. The molecule has 1 aliphatic heterocycles. The molecule has 1 N–H and O–H groups in total. The van der Waals surface area contributed by atoms with Crippen LogP contribution in [0, 0.1) is 17.6 Å². The number of hydrogen-bond donors (Lipinski definition) is 1. The summed E-state index contributed by atoms with van der Waals surface area (Å²) < 4.78 is 26.9. The molecule has 2 amide bonds. The SMILES string of the molecule is O=C(CN1C(=O)C(=O)c2c(F)cc(F)cc21)NCC1CC1. The zero-order valence-electron chi connectivity index (χ0n) is 11.0. The number of halogens is 2. The maximum atomic E-state index is 13.6. The number of benzene rings is 1. The molecule has 0 unspecified atom stereocenters. The number of rotatable bonds is 4. The van der Waals surface area contributed by atoms with Crippen LogP contribution in [0.2, 0.25) is 0 Å². The Morgan fingerprint density at radius 1 is 1.29 bits per heavy atom. The summed E-state index contributed by atoms with van der Waals surface area (Å²) >= 11 is 0. The quantitative estimate of drug-likeness (QED) is 0.843. The molecular formula is C14H12F2N2O3. The smallest absolute Gasteiger partial charge is 0.300 e. The number of carbonyl (C=O) groups is 3. The fraction of sp³-hybridized carbons (Fsp3) is 0.357. The molecule has 0 bridgehead atoms. The van der Waals surface area contributed by atoms with Crippen LogP contribution in [0.1, 0.15) is 23.2 Å². The molecule has 1 heterocycles. The topological polar surface area (TPSA) is 66.5 Å². The van der Waals surface area contributed by atoms with Gasteiger partial charge in [-0.1, -0.05) is 0 Å². The van der Waals surface area contributed by atoms with Crippen LogP contribution >= 0.6 is 0 Å². The molecule has 0 spiro atoms. The Balaban J connectivity index is 1.81. The normalized spacial score (nSPS) is 17.1. The van der Waals surface area contributed by atoms with Gasteiger partial charge in [0.2, 0.25) is 5.91 Å². The fourth-order valence-electron chi connectivity index (χ4n) is 2.27. The highest BCUT2D eigenvalue weighted by atomic mass is 19.1. The first-order valence-corrected chi connectivity index (χ1v) is 6.59. The van der Waals surface area contributed by atoms with Crippen molar-refractivity contribution in [2.45, 2.75) is 12.8 Å². The molecule has 2 aliphatic rings. The first kappa shape index (κ1) is 13.7. The van der Waals surface area contributed by atoms with Gasteiger partial charge in [-0.25, -0.2) is 8.78 Å². The fourth-order valence-corrected chi connectivity index (χ4v) is 2.27. The molecule has 5 nitrogen and oxygen atoms in total. The van der Waals surface area contributed by atoms with Crippen molar-refractivity contribution in [2.24, 2.45) is 5.92 Å². The van der Waals surface area contributed by atoms with E-state index >= 15 is 0 Å². The van der Waals surface area contributed by atoms with Crippen molar-refractivity contribution in [1.82, 2.24) is 5.32 Å². The van der Waals surface area contributed by atoms with Gasteiger partial charge in [-0.2, -0.15) is 0 Å². The molecule has 7 heteroatoms. The summed E-state index contributed by atoms with van der Waals surface area (Å²) in [7, 11) is 0. The van der Waals surface area contributed by atoms with Crippen molar-refractivity contribution in [3.05, 3.63) is 29.3 Å². The van der Waals surface area contributed by atoms with Gasteiger partial charge in [-0.05, 0) is 24.8 Å². The van der Waals surface area contributed by atoms with Crippen molar-refractivity contribution < 1.29 is 23.2 Å². The molecule has 3 rings (SSSR count). The van der Waals surface area contributed by atoms with E-state index in [-0.39, 0.29) is 5.69 Å². The summed E-state index contributed by atoms with van der Waals surface area (Å²) in [4.78, 5) is 36.1. The molecule has 1 aromatic rings. The van der Waals surface area contributed by atoms with E-state index in [2.05, 4.69) is 5.32 Å². The van der Waals surface area contributed by atoms with E-state index in [1.807, 2.05) is 0 Å². The average molecular weight is 294 g/mol. The summed E-state index contributed by atoms with van der Waals surface area (Å²) in [6.07, 6.45) is 2.11. The monoisotopic (exact) mass is 294 g/mol. The van der Waals surface area contributed by atoms with E-state index in [4.69, 9.17) is 0 Å². The molecule has 110 valence electrons. The molecule has 0 radical (unpaired) electrons. The minimum absolute atomic E-state index is 0.191. The van der Waals surface area contributed by atoms with Crippen LogP contribution in [-0.2, 0) is 9.59 Å². The molecule has 1 aliphatic carbocycles. The maximum absolute atomic E-state index is 13.6. The minimum Gasteiger partial charge on any atom is -0.354 e. The first-order chi connectivity index (χ1) is 9.97. The Bertz CT molecular complexity index is 656. The number of anilines is 1. The summed E-state index contributed by atoms with van der Waals surface area (Å²) in [5.74, 6) is -4.07. The first-order valence-electron chi connectivity index (χ1n) is 6.59. The second-order valence-corrected chi connectivity index (χ2v) is 5.25. The molecule has 21 heavy (non-hydrogen) atoms. The van der Waals surface area contributed by atoms with Crippen molar-refractivity contribution in [2.75, 3.05) is 18.0 Å². The standard InChI is InChI=1S/C14H12F2N2O3/c15-8-3-9(16)12-10(4-8)18(14(21)13(12)20)6-11(19)17-5-7-1-2-7/h3-4,7H,1-2,5-6H2,(H,17,19). The van der Waals surface area contributed by atoms with Crippen LogP contribution in [0.4, 0.5) is 14.5 Å². The van der Waals surface area contributed by atoms with Gasteiger partial charge in [0.15, 0.2) is 0 Å². The van der Waals surface area contributed by atoms with Gasteiger partial charge in [-0.3, -0.25) is 19.3 Å². The molecule has 1 fully saturated rings. The summed E-state index contributed by atoms with van der Waals surface area (Å²) in [5, 5.41) is 2.64. The third-order valence-corrected chi connectivity index (χ3v) is 3.58. The minimum atomic E-state index is -1.09. The number of amides is 2. The lowest BCUT2D eigenvalue weighted by Gasteiger charge is -2.16. The predicted octanol–water partition coefficient (Wildman–Crippen LogP) is 1.02. The van der Waals surface area contributed by atoms with E-state index in [0.717, 1.165) is 23.8 Å². The van der Waals surface area contributed by atoms with Gasteiger partial charge in [0.1, 0.15) is 18.2 Å². The number of hydrogen-bond acceptors (Lipinski definition) is 3. The molecule has 0 atom stereocenters. The van der Waals surface area contributed by atoms with E-state index in [1.54, 1.807) is 0 Å². The van der Waals surface area contributed by atoms with Crippen LogP contribution in [0.3, 0.4) is 0 Å². The van der Waals surface area contributed by atoms with E-state index in [0.29, 0.717) is 18.5 Å². The van der Waals surface area contributed by atoms with Crippen LogP contribution in [-0.4, -0.2) is 30.7 Å². The molecule has 1 saturated carbocycles. The number of nitrogens with one attached hydrogen (secondary N) is 1. The third-order valence-electron chi connectivity index (χ3n) is 3.58. The molecule has 0 aromatic heterocycles. The highest BCUT2D eigenvalue weighted by molar-refractivity contribution is 6.52. The molecule has 1 aromatic carbocycles. The Morgan fingerprint density at radius 2 is 2.00 bits per heavy atom. The zero-order valence-corrected chi connectivity index (χ0v) is 11.0. The maximum Gasteiger partial charge on any atom is 0.300 e. The van der Waals surface area contributed by atoms with Gasteiger partial charge in [0.05, 0.1) is 11.3 Å². The Hall–Kier alpha value is -2.31. The van der Waals surface area contributed by atoms with Gasteiger partial charge in [-0.15, -0.1) is 0 Å². The third kappa shape index (κ3) is 2.51. The zero-order chi connectivity index (χ0) is 15.1. The predicted molar refractivity (Wildman–Crippen MR) is 68.8 cm³/mol. The summed E-state index contributed by atoms with van der Waals surface area (Å²) in [6.45, 7) is 0.0896. The van der Waals surface area contributed by atoms with Gasteiger partial charge in [0, 0.05) is 12.6 Å².